The van der Waals surface area contributed by atoms with Gasteiger partial charge in [-0.05, 0) is 230 Å². The van der Waals surface area contributed by atoms with Crippen molar-refractivity contribution in [3.63, 3.8) is 0 Å². The summed E-state index contributed by atoms with van der Waals surface area (Å²) in [6.07, 6.45) is 0. The summed E-state index contributed by atoms with van der Waals surface area (Å²) in [5.74, 6) is 0. The number of thiophene rings is 2. The molecular weight excluding hydrogens is 1730 g/mol. The van der Waals surface area contributed by atoms with Crippen LogP contribution in [0.15, 0.2) is 491 Å². The summed E-state index contributed by atoms with van der Waals surface area (Å²) in [5.41, 5.74) is 38.8. The van der Waals surface area contributed by atoms with Crippen LogP contribution in [0.2, 0.25) is 0 Å². The molecule has 0 saturated heterocycles. The van der Waals surface area contributed by atoms with Crippen molar-refractivity contribution in [3.8, 4) is 89.0 Å². The second-order valence-corrected chi connectivity index (χ2v) is 41.0. The van der Waals surface area contributed by atoms with Gasteiger partial charge in [0.25, 0.3) is 0 Å². The number of hydrogen-bond acceptors (Lipinski definition) is 5. The summed E-state index contributed by atoms with van der Waals surface area (Å²) in [6.45, 7) is 14.2. The molecule has 0 N–H and O–H groups in total. The van der Waals surface area contributed by atoms with Crippen LogP contribution in [0.4, 0.5) is 51.2 Å². The number of para-hydroxylation sites is 1. The Morgan fingerprint density at radius 3 is 0.971 bits per heavy atom. The molecule has 2 heterocycles. The van der Waals surface area contributed by atoms with Crippen molar-refractivity contribution >= 4 is 147 Å². The van der Waals surface area contributed by atoms with Crippen molar-refractivity contribution in [2.75, 3.05) is 14.7 Å². The molecule has 22 aromatic carbocycles. The Morgan fingerprint density at radius 1 is 0.171 bits per heavy atom. The zero-order valence-corrected chi connectivity index (χ0v) is 80.6. The highest BCUT2D eigenvalue weighted by Gasteiger charge is 2.43. The largest absolute Gasteiger partial charge is 0.310 e. The highest BCUT2D eigenvalue weighted by molar-refractivity contribution is 7.26. The normalized spacial score (nSPS) is 13.1. The molecule has 666 valence electrons. The van der Waals surface area contributed by atoms with E-state index in [0.29, 0.717) is 0 Å². The van der Waals surface area contributed by atoms with Gasteiger partial charge >= 0.3 is 0 Å². The lowest BCUT2D eigenvalue weighted by Gasteiger charge is -2.31. The lowest BCUT2D eigenvalue weighted by molar-refractivity contribution is 0.661. The van der Waals surface area contributed by atoms with Crippen LogP contribution < -0.4 is 14.7 Å². The van der Waals surface area contributed by atoms with Gasteiger partial charge in [0.1, 0.15) is 0 Å². The highest BCUT2D eigenvalue weighted by atomic mass is 32.1. The van der Waals surface area contributed by atoms with Crippen molar-refractivity contribution < 1.29 is 0 Å². The molecule has 140 heavy (non-hydrogen) atoms. The molecule has 0 saturated carbocycles. The van der Waals surface area contributed by atoms with Gasteiger partial charge < -0.3 is 14.7 Å². The number of nitrogens with zero attached hydrogens (tertiary/aromatic N) is 3. The minimum absolute atomic E-state index is 0.0749. The Balaban J connectivity index is 0.000000111. The fourth-order valence-electron chi connectivity index (χ4n) is 22.8. The Labute approximate surface area is 826 Å². The zero-order chi connectivity index (χ0) is 93.9. The lowest BCUT2D eigenvalue weighted by Crippen LogP contribution is -2.16. The fourth-order valence-corrected chi connectivity index (χ4v) is 25.2. The maximum Gasteiger partial charge on any atom is 0.0640 e. The highest BCUT2D eigenvalue weighted by Crippen LogP contribution is 2.62. The summed E-state index contributed by atoms with van der Waals surface area (Å²) in [4.78, 5) is 7.45. The average molecular weight is 1830 g/mol. The maximum absolute atomic E-state index is 2.55. The summed E-state index contributed by atoms with van der Waals surface area (Å²) in [7, 11) is 0. The molecule has 2 aromatic heterocycles. The molecule has 24 aromatic rings. The molecule has 3 nitrogen and oxygen atoms in total. The third-order valence-electron chi connectivity index (χ3n) is 29.8. The molecule has 0 atom stereocenters. The molecule has 3 aliphatic carbocycles. The van der Waals surface area contributed by atoms with Crippen LogP contribution in [0.5, 0.6) is 0 Å². The minimum atomic E-state index is -0.114. The molecule has 0 bridgehead atoms. The summed E-state index contributed by atoms with van der Waals surface area (Å²) in [5, 5.41) is 12.9. The van der Waals surface area contributed by atoms with Gasteiger partial charge in [0.05, 0.1) is 27.4 Å². The van der Waals surface area contributed by atoms with Gasteiger partial charge in [-0.2, -0.15) is 0 Å². The second kappa shape index (κ2) is 34.6. The summed E-state index contributed by atoms with van der Waals surface area (Å²) >= 11 is 3.76. The summed E-state index contributed by atoms with van der Waals surface area (Å²) in [6, 6.07) is 180. The van der Waals surface area contributed by atoms with Crippen molar-refractivity contribution in [2.45, 2.75) is 57.8 Å². The van der Waals surface area contributed by atoms with E-state index in [1.807, 2.05) is 22.7 Å². The SMILES string of the molecule is CC1(C)c2ccccc2-c2c1cc1ccccc1c2-c1ccc(N(c2ccc(-c3ccccc3)cc2)c2ccccc2-c2ccccc2)cc1.CC1(C)c2ccccc2-c2c1cc1ccccc1c2N(c1ccc(-c2ccccc2)cc1)c1ccc2c(c1)sc1ccccc12.CC1(C)c2ccccc2-c2c1cc1ccccc1c2N(c1ccc(-c2ccccc2)cc1)c1cccc2c1sc1ccccc12. The van der Waals surface area contributed by atoms with Gasteiger partial charge in [0.15, 0.2) is 0 Å². The van der Waals surface area contributed by atoms with E-state index in [1.165, 1.54) is 218 Å². The topological polar surface area (TPSA) is 9.72 Å². The van der Waals surface area contributed by atoms with E-state index in [0.717, 1.165) is 28.4 Å². The average Bonchev–Trinajstić information content (AvgIpc) is 1.55. The van der Waals surface area contributed by atoms with Gasteiger partial charge in [-0.1, -0.05) is 430 Å². The summed E-state index contributed by atoms with van der Waals surface area (Å²) < 4.78 is 5.24. The van der Waals surface area contributed by atoms with Crippen LogP contribution in [0.1, 0.15) is 74.9 Å². The minimum Gasteiger partial charge on any atom is -0.310 e. The Hall–Kier alpha value is -16.5. The molecule has 0 amide bonds. The second-order valence-electron chi connectivity index (χ2n) is 38.9. The molecule has 0 unspecified atom stereocenters. The number of fused-ring (bicyclic) bond motifs is 18. The fraction of sp³-hybridized carbons (Fsp3) is 0.0667. The first kappa shape index (κ1) is 85.1. The van der Waals surface area contributed by atoms with Crippen LogP contribution in [0.3, 0.4) is 0 Å². The number of benzene rings is 22. The molecule has 0 fully saturated rings. The van der Waals surface area contributed by atoms with E-state index in [2.05, 4.69) is 548 Å². The molecule has 0 aliphatic heterocycles. The van der Waals surface area contributed by atoms with E-state index in [9.17, 15) is 0 Å². The van der Waals surface area contributed by atoms with Gasteiger partial charge in [0.2, 0.25) is 0 Å². The molecule has 0 spiro atoms. The first-order valence-electron chi connectivity index (χ1n) is 48.7. The van der Waals surface area contributed by atoms with E-state index in [-0.39, 0.29) is 16.2 Å². The third kappa shape index (κ3) is 14.4. The van der Waals surface area contributed by atoms with Gasteiger partial charge in [-0.25, -0.2) is 0 Å². The van der Waals surface area contributed by atoms with Crippen LogP contribution >= 0.6 is 22.7 Å². The van der Waals surface area contributed by atoms with Crippen molar-refractivity contribution in [3.05, 3.63) is 525 Å². The monoisotopic (exact) mass is 1830 g/mol. The molecular formula is C135H99N3S2. The van der Waals surface area contributed by atoms with E-state index in [1.54, 1.807) is 0 Å². The van der Waals surface area contributed by atoms with Crippen LogP contribution in [0, 0.1) is 0 Å². The maximum atomic E-state index is 2.55. The van der Waals surface area contributed by atoms with E-state index in [4.69, 9.17) is 0 Å². The molecule has 27 rings (SSSR count). The standard InChI is InChI=1S/C49H37N.2C43H31NS/c1-49(2)44-23-13-11-22-43(44)48-45(49)33-38-19-9-10-21-42(38)47(48)37-27-31-40(32-28-37)50(39-29-25-35(26-30-39)34-15-5-3-6-16-34)46-24-14-12-20-41(46)36-17-7-4-8-18-36;1-43(2)36-20-10-8-18-35(36)40-37(43)27-30-15-6-7-16-32(30)41(40)44(31-25-23-29(24-26-31)28-13-4-3-5-14-28)38-21-12-19-34-33-17-9-11-22-39(33)45-42(34)38;1-43(2)37-18-10-8-17-36(37)41-38(43)26-30-14-6-7-15-33(30)42(41)44(31-22-20-29(21-23-31)28-12-4-3-5-13-28)32-24-25-35-34-16-9-11-19-39(34)45-40(35)27-32/h3-33H,1-2H3;2*3-27H,1-2H3. The van der Waals surface area contributed by atoms with Crippen molar-refractivity contribution in [1.82, 2.24) is 0 Å². The Morgan fingerprint density at radius 2 is 0.486 bits per heavy atom. The molecule has 0 radical (unpaired) electrons. The third-order valence-corrected chi connectivity index (χ3v) is 32.1. The van der Waals surface area contributed by atoms with Crippen LogP contribution in [0.25, 0.3) is 162 Å². The van der Waals surface area contributed by atoms with Gasteiger partial charge in [-0.15, -0.1) is 22.7 Å². The van der Waals surface area contributed by atoms with E-state index >= 15 is 0 Å². The smallest absolute Gasteiger partial charge is 0.0640 e. The lowest BCUT2D eigenvalue weighted by atomic mass is 9.80. The Kier molecular flexibility index (Phi) is 21.1. The van der Waals surface area contributed by atoms with Crippen molar-refractivity contribution in [1.29, 1.82) is 0 Å². The van der Waals surface area contributed by atoms with Crippen LogP contribution in [-0.2, 0) is 16.2 Å². The van der Waals surface area contributed by atoms with E-state index < -0.39 is 0 Å². The molecule has 5 heteroatoms. The first-order chi connectivity index (χ1) is 68.7. The predicted molar refractivity (Wildman–Crippen MR) is 602 cm³/mol. The number of anilines is 9. The number of hydrogen-bond donors (Lipinski definition) is 0. The quantitative estimate of drug-likeness (QED) is 0.107. The molecule has 3 aliphatic rings. The van der Waals surface area contributed by atoms with Crippen molar-refractivity contribution in [2.24, 2.45) is 0 Å². The Bertz CT molecular complexity index is 8920. The van der Waals surface area contributed by atoms with Gasteiger partial charge in [-0.3, -0.25) is 0 Å². The van der Waals surface area contributed by atoms with Crippen LogP contribution in [-0.4, -0.2) is 0 Å². The number of rotatable bonds is 14. The first-order valence-corrected chi connectivity index (χ1v) is 50.3. The van der Waals surface area contributed by atoms with Gasteiger partial charge in [0, 0.05) is 108 Å². The predicted octanol–water partition coefficient (Wildman–Crippen LogP) is 38.9. The zero-order valence-electron chi connectivity index (χ0n) is 78.9.